The molecule has 3 rings (SSSR count). The lowest BCUT2D eigenvalue weighted by Gasteiger charge is -2.05. The normalized spacial score (nSPS) is 10.3. The van der Waals surface area contributed by atoms with Gasteiger partial charge in [-0.05, 0) is 67.3 Å². The Labute approximate surface area is 172 Å². The summed E-state index contributed by atoms with van der Waals surface area (Å²) < 4.78 is 19.4. The molecule has 0 saturated heterocycles. The van der Waals surface area contributed by atoms with Crippen LogP contribution in [0.2, 0.25) is 0 Å². The molecule has 0 saturated carbocycles. The Morgan fingerprint density at radius 1 is 0.897 bits per heavy atom. The van der Waals surface area contributed by atoms with E-state index in [0.29, 0.717) is 18.0 Å². The molecule has 0 atom stereocenters. The van der Waals surface area contributed by atoms with E-state index in [2.05, 4.69) is 28.7 Å². The summed E-state index contributed by atoms with van der Waals surface area (Å²) in [4.78, 5) is 8.93. The van der Waals surface area contributed by atoms with E-state index in [1.807, 2.05) is 43.6 Å². The van der Waals surface area contributed by atoms with Gasteiger partial charge in [-0.15, -0.1) is 0 Å². The van der Waals surface area contributed by atoms with Gasteiger partial charge in [-0.3, -0.25) is 0 Å². The zero-order chi connectivity index (χ0) is 20.5. The van der Waals surface area contributed by atoms with E-state index in [4.69, 9.17) is 4.74 Å². The Balaban J connectivity index is 1.67. The van der Waals surface area contributed by atoms with Gasteiger partial charge in [-0.2, -0.15) is 0 Å². The highest BCUT2D eigenvalue weighted by atomic mass is 19.1. The molecule has 0 bridgehead atoms. The summed E-state index contributed by atoms with van der Waals surface area (Å²) in [5.74, 6) is 6.64. The average molecular weight is 388 g/mol. The molecule has 0 aliphatic heterocycles. The monoisotopic (exact) mass is 388 g/mol. The van der Waals surface area contributed by atoms with Gasteiger partial charge in [-0.25, -0.2) is 14.4 Å². The third kappa shape index (κ3) is 5.89. The largest absolute Gasteiger partial charge is 0.491 e. The van der Waals surface area contributed by atoms with Gasteiger partial charge < -0.3 is 4.74 Å². The van der Waals surface area contributed by atoms with Crippen molar-refractivity contribution in [2.45, 2.75) is 39.5 Å². The van der Waals surface area contributed by atoms with Crippen molar-refractivity contribution in [2.24, 2.45) is 0 Å². The van der Waals surface area contributed by atoms with Crippen LogP contribution in [0, 0.1) is 17.7 Å². The van der Waals surface area contributed by atoms with Crippen molar-refractivity contribution in [3.05, 3.63) is 77.4 Å². The van der Waals surface area contributed by atoms with Crippen LogP contribution in [-0.2, 0) is 6.42 Å². The van der Waals surface area contributed by atoms with E-state index in [1.165, 1.54) is 6.07 Å². The molecule has 1 aromatic heterocycles. The fourth-order valence-electron chi connectivity index (χ4n) is 2.77. The molecule has 0 spiro atoms. The second kappa shape index (κ2) is 10.4. The van der Waals surface area contributed by atoms with Gasteiger partial charge >= 0.3 is 0 Å². The first-order valence-electron chi connectivity index (χ1n) is 10.0. The molecule has 0 unspecified atom stereocenters. The number of aryl methyl sites for hydroxylation is 1. The second-order valence-corrected chi connectivity index (χ2v) is 6.84. The number of halogens is 1. The van der Waals surface area contributed by atoms with Gasteiger partial charge in [0.15, 0.2) is 17.4 Å². The number of unbranched alkanes of at least 4 members (excludes halogenated alkanes) is 1. The predicted octanol–water partition coefficient (Wildman–Crippen LogP) is 5.81. The summed E-state index contributed by atoms with van der Waals surface area (Å²) in [5, 5.41) is 0. The van der Waals surface area contributed by atoms with Gasteiger partial charge in [0.1, 0.15) is 0 Å². The Kier molecular flexibility index (Phi) is 7.35. The van der Waals surface area contributed by atoms with Crippen LogP contribution in [0.15, 0.2) is 54.9 Å². The van der Waals surface area contributed by atoms with Crippen molar-refractivity contribution in [1.82, 2.24) is 9.97 Å². The van der Waals surface area contributed by atoms with Crippen molar-refractivity contribution in [3.63, 3.8) is 0 Å². The Hall–Kier alpha value is -3.19. The summed E-state index contributed by atoms with van der Waals surface area (Å²) in [6, 6.07) is 12.5. The van der Waals surface area contributed by atoms with Crippen LogP contribution < -0.4 is 4.74 Å². The summed E-state index contributed by atoms with van der Waals surface area (Å²) in [7, 11) is 0. The van der Waals surface area contributed by atoms with Crippen LogP contribution in [0.3, 0.4) is 0 Å². The summed E-state index contributed by atoms with van der Waals surface area (Å²) in [6.07, 6.45) is 7.95. The maximum absolute atomic E-state index is 14.0. The quantitative estimate of drug-likeness (QED) is 0.479. The maximum atomic E-state index is 14.0. The molecule has 1 heterocycles. The molecule has 3 nitrogen and oxygen atoms in total. The van der Waals surface area contributed by atoms with Crippen molar-refractivity contribution in [3.8, 4) is 29.0 Å². The number of hydrogen-bond donors (Lipinski definition) is 0. The molecule has 0 N–H and O–H groups in total. The highest BCUT2D eigenvalue weighted by Gasteiger charge is 2.04. The third-order valence-electron chi connectivity index (χ3n) is 4.41. The van der Waals surface area contributed by atoms with E-state index in [9.17, 15) is 4.39 Å². The highest BCUT2D eigenvalue weighted by Crippen LogP contribution is 2.19. The minimum absolute atomic E-state index is 0.266. The summed E-state index contributed by atoms with van der Waals surface area (Å²) in [6.45, 7) is 4.66. The minimum Gasteiger partial charge on any atom is -0.491 e. The number of nitrogens with zero attached hydrogens (tertiary/aromatic N) is 2. The van der Waals surface area contributed by atoms with Gasteiger partial charge in [0.25, 0.3) is 0 Å². The number of ether oxygens (including phenoxy) is 1. The zero-order valence-electron chi connectivity index (χ0n) is 16.9. The van der Waals surface area contributed by atoms with Crippen molar-refractivity contribution in [2.75, 3.05) is 6.61 Å². The molecular formula is C25H25FN2O. The molecule has 0 amide bonds. The number of rotatable bonds is 7. The third-order valence-corrected chi connectivity index (χ3v) is 4.41. The molecule has 0 fully saturated rings. The second-order valence-electron chi connectivity index (χ2n) is 6.84. The number of hydrogen-bond acceptors (Lipinski definition) is 3. The smallest absolute Gasteiger partial charge is 0.166 e. The highest BCUT2D eigenvalue weighted by molar-refractivity contribution is 5.57. The van der Waals surface area contributed by atoms with Crippen molar-refractivity contribution >= 4 is 0 Å². The predicted molar refractivity (Wildman–Crippen MR) is 114 cm³/mol. The number of benzene rings is 2. The van der Waals surface area contributed by atoms with Crippen molar-refractivity contribution in [1.29, 1.82) is 0 Å². The van der Waals surface area contributed by atoms with Gasteiger partial charge in [0.2, 0.25) is 0 Å². The molecule has 3 aromatic rings. The van der Waals surface area contributed by atoms with Gasteiger partial charge in [-0.1, -0.05) is 32.1 Å². The Bertz CT molecular complexity index is 986. The van der Waals surface area contributed by atoms with Crippen LogP contribution >= 0.6 is 0 Å². The Morgan fingerprint density at radius 3 is 2.24 bits per heavy atom. The lowest BCUT2D eigenvalue weighted by molar-refractivity contribution is 0.301. The van der Waals surface area contributed by atoms with E-state index >= 15 is 0 Å². The first-order valence-corrected chi connectivity index (χ1v) is 10.0. The van der Waals surface area contributed by atoms with Gasteiger partial charge in [0.05, 0.1) is 6.61 Å². The topological polar surface area (TPSA) is 35.0 Å². The molecule has 148 valence electrons. The van der Waals surface area contributed by atoms with E-state index in [-0.39, 0.29) is 11.6 Å². The molecule has 0 radical (unpaired) electrons. The molecule has 4 heteroatoms. The first kappa shape index (κ1) is 20.5. The standard InChI is InChI=1S/C25H25FN2O/c1-3-5-6-21-17-27-25(28-18-21)22-12-9-19(10-13-22)7-8-20-11-14-24(23(26)16-20)29-15-4-2/h9-14,16-18H,3-6,15H2,1-2H3. The average Bonchev–Trinajstić information content (AvgIpc) is 2.76. The first-order chi connectivity index (χ1) is 14.2. The minimum atomic E-state index is -0.389. The molecule has 29 heavy (non-hydrogen) atoms. The zero-order valence-corrected chi connectivity index (χ0v) is 16.9. The fourth-order valence-corrected chi connectivity index (χ4v) is 2.77. The van der Waals surface area contributed by atoms with Crippen LogP contribution in [-0.4, -0.2) is 16.6 Å². The van der Waals surface area contributed by atoms with Crippen LogP contribution in [0.25, 0.3) is 11.4 Å². The molecule has 2 aromatic carbocycles. The lowest BCUT2D eigenvalue weighted by Crippen LogP contribution is -1.97. The van der Waals surface area contributed by atoms with Crippen LogP contribution in [0.1, 0.15) is 49.8 Å². The summed E-state index contributed by atoms with van der Waals surface area (Å²) in [5.41, 5.74) is 3.57. The van der Waals surface area contributed by atoms with Gasteiger partial charge in [0, 0.05) is 29.1 Å². The van der Waals surface area contributed by atoms with Crippen LogP contribution in [0.5, 0.6) is 5.75 Å². The lowest BCUT2D eigenvalue weighted by atomic mass is 10.1. The number of aromatic nitrogens is 2. The Morgan fingerprint density at radius 2 is 1.59 bits per heavy atom. The molecule has 0 aliphatic carbocycles. The molecule has 0 aliphatic rings. The SMILES string of the molecule is CCCCc1cnc(-c2ccc(C#Cc3ccc(OCCC)c(F)c3)cc2)nc1. The summed E-state index contributed by atoms with van der Waals surface area (Å²) >= 11 is 0. The van der Waals surface area contributed by atoms with Crippen LogP contribution in [0.4, 0.5) is 4.39 Å². The van der Waals surface area contributed by atoms with E-state index < -0.39 is 0 Å². The van der Waals surface area contributed by atoms with E-state index in [0.717, 1.165) is 42.4 Å². The van der Waals surface area contributed by atoms with E-state index in [1.54, 1.807) is 12.1 Å². The van der Waals surface area contributed by atoms with Crippen molar-refractivity contribution < 1.29 is 9.13 Å². The maximum Gasteiger partial charge on any atom is 0.166 e. The fraction of sp³-hybridized carbons (Fsp3) is 0.280. The molecular weight excluding hydrogens is 363 g/mol.